The fourth-order valence-corrected chi connectivity index (χ4v) is 3.37. The van der Waals surface area contributed by atoms with Crippen LogP contribution >= 0.6 is 0 Å². The average molecular weight is 393 g/mol. The van der Waals surface area contributed by atoms with E-state index in [1.54, 1.807) is 0 Å². The van der Waals surface area contributed by atoms with Crippen LogP contribution in [-0.2, 0) is 9.59 Å². The SMILES string of the molecule is CCN(CCCNC(=O)C1=NN(c2ccccc2)C(C(N)=O)C1)c1ccccc1. The van der Waals surface area contributed by atoms with Crippen molar-refractivity contribution in [2.24, 2.45) is 10.8 Å². The van der Waals surface area contributed by atoms with Crippen LogP contribution in [0.1, 0.15) is 19.8 Å². The van der Waals surface area contributed by atoms with Crippen LogP contribution < -0.4 is 21.0 Å². The van der Waals surface area contributed by atoms with Crippen molar-refractivity contribution >= 4 is 28.9 Å². The Balaban J connectivity index is 1.54. The van der Waals surface area contributed by atoms with Crippen molar-refractivity contribution in [2.45, 2.75) is 25.8 Å². The Hall–Kier alpha value is -3.35. The number of primary amides is 1. The summed E-state index contributed by atoms with van der Waals surface area (Å²) in [6.07, 6.45) is 1.02. The lowest BCUT2D eigenvalue weighted by Gasteiger charge is -2.23. The first kappa shape index (κ1) is 20.4. The number of anilines is 2. The van der Waals surface area contributed by atoms with Crippen LogP contribution in [0.3, 0.4) is 0 Å². The normalized spacial score (nSPS) is 15.7. The molecule has 0 aliphatic carbocycles. The van der Waals surface area contributed by atoms with Crippen LogP contribution in [0.15, 0.2) is 65.8 Å². The van der Waals surface area contributed by atoms with E-state index < -0.39 is 11.9 Å². The van der Waals surface area contributed by atoms with E-state index in [9.17, 15) is 9.59 Å². The second-order valence-electron chi connectivity index (χ2n) is 6.87. The highest BCUT2D eigenvalue weighted by Crippen LogP contribution is 2.24. The van der Waals surface area contributed by atoms with Crippen molar-refractivity contribution in [3.05, 3.63) is 60.7 Å². The van der Waals surface area contributed by atoms with E-state index in [2.05, 4.69) is 34.4 Å². The predicted octanol–water partition coefficient (Wildman–Crippen LogP) is 2.14. The molecule has 0 saturated carbocycles. The Morgan fingerprint density at radius 1 is 1.14 bits per heavy atom. The van der Waals surface area contributed by atoms with Gasteiger partial charge >= 0.3 is 0 Å². The number of hydrogen-bond donors (Lipinski definition) is 2. The van der Waals surface area contributed by atoms with Gasteiger partial charge in [-0.3, -0.25) is 14.6 Å². The van der Waals surface area contributed by atoms with Gasteiger partial charge in [0.05, 0.1) is 5.69 Å². The van der Waals surface area contributed by atoms with Gasteiger partial charge in [-0.1, -0.05) is 36.4 Å². The van der Waals surface area contributed by atoms with Gasteiger partial charge in [0.2, 0.25) is 5.91 Å². The maximum Gasteiger partial charge on any atom is 0.267 e. The molecule has 1 heterocycles. The van der Waals surface area contributed by atoms with Gasteiger partial charge in [-0.05, 0) is 37.6 Å². The fraction of sp³-hybridized carbons (Fsp3) is 0.318. The summed E-state index contributed by atoms with van der Waals surface area (Å²) in [5.41, 5.74) is 7.76. The number of hydrazone groups is 1. The smallest absolute Gasteiger partial charge is 0.267 e. The molecule has 0 spiro atoms. The predicted molar refractivity (Wildman–Crippen MR) is 116 cm³/mol. The first-order valence-corrected chi connectivity index (χ1v) is 9.89. The average Bonchev–Trinajstić information content (AvgIpc) is 3.21. The van der Waals surface area contributed by atoms with Crippen LogP contribution in [0.25, 0.3) is 0 Å². The molecule has 2 amide bonds. The van der Waals surface area contributed by atoms with Crippen LogP contribution in [0.2, 0.25) is 0 Å². The zero-order chi connectivity index (χ0) is 20.6. The first-order chi connectivity index (χ1) is 14.1. The third kappa shape index (κ3) is 5.13. The zero-order valence-electron chi connectivity index (χ0n) is 16.6. The number of nitrogens with two attached hydrogens (primary N) is 1. The number of benzene rings is 2. The number of amides is 2. The molecule has 152 valence electrons. The van der Waals surface area contributed by atoms with E-state index in [4.69, 9.17) is 5.73 Å². The summed E-state index contributed by atoms with van der Waals surface area (Å²) in [4.78, 5) is 26.6. The molecule has 0 saturated heterocycles. The van der Waals surface area contributed by atoms with Crippen molar-refractivity contribution in [3.63, 3.8) is 0 Å². The van der Waals surface area contributed by atoms with Gasteiger partial charge in [0.25, 0.3) is 5.91 Å². The summed E-state index contributed by atoms with van der Waals surface area (Å²) in [6, 6.07) is 18.8. The van der Waals surface area contributed by atoms with Gasteiger partial charge in [-0.2, -0.15) is 5.10 Å². The lowest BCUT2D eigenvalue weighted by Crippen LogP contribution is -2.40. The minimum absolute atomic E-state index is 0.209. The summed E-state index contributed by atoms with van der Waals surface area (Å²) in [5.74, 6) is -0.751. The molecule has 1 atom stereocenters. The van der Waals surface area contributed by atoms with Gasteiger partial charge in [0.15, 0.2) is 0 Å². The second-order valence-corrected chi connectivity index (χ2v) is 6.87. The Kier molecular flexibility index (Phi) is 6.84. The van der Waals surface area contributed by atoms with E-state index in [0.29, 0.717) is 12.3 Å². The molecule has 2 aromatic carbocycles. The van der Waals surface area contributed by atoms with E-state index in [1.165, 1.54) is 10.7 Å². The highest BCUT2D eigenvalue weighted by molar-refractivity contribution is 6.40. The molecule has 0 fully saturated rings. The summed E-state index contributed by atoms with van der Waals surface area (Å²) in [7, 11) is 0. The summed E-state index contributed by atoms with van der Waals surface area (Å²) < 4.78 is 0. The van der Waals surface area contributed by atoms with Crippen LogP contribution in [0, 0.1) is 0 Å². The van der Waals surface area contributed by atoms with E-state index in [1.807, 2.05) is 48.5 Å². The topological polar surface area (TPSA) is 91.0 Å². The Labute approximate surface area is 171 Å². The van der Waals surface area contributed by atoms with Crippen LogP contribution in [0.5, 0.6) is 0 Å². The molecule has 3 rings (SSSR count). The highest BCUT2D eigenvalue weighted by atomic mass is 16.2. The lowest BCUT2D eigenvalue weighted by atomic mass is 10.1. The molecule has 29 heavy (non-hydrogen) atoms. The molecule has 1 aliphatic heterocycles. The molecular formula is C22H27N5O2. The Morgan fingerprint density at radius 3 is 2.41 bits per heavy atom. The number of carbonyl (C=O) groups excluding carboxylic acids is 2. The second kappa shape index (κ2) is 9.73. The van der Waals surface area contributed by atoms with Crippen LogP contribution in [-0.4, -0.2) is 43.2 Å². The van der Waals surface area contributed by atoms with Crippen molar-refractivity contribution in [1.82, 2.24) is 5.32 Å². The third-order valence-electron chi connectivity index (χ3n) is 4.92. The fourth-order valence-electron chi connectivity index (χ4n) is 3.37. The monoisotopic (exact) mass is 393 g/mol. The van der Waals surface area contributed by atoms with E-state index in [0.717, 1.165) is 25.2 Å². The zero-order valence-corrected chi connectivity index (χ0v) is 16.6. The van der Waals surface area contributed by atoms with Gasteiger partial charge in [0, 0.05) is 31.7 Å². The highest BCUT2D eigenvalue weighted by Gasteiger charge is 2.34. The molecule has 0 radical (unpaired) electrons. The van der Waals surface area contributed by atoms with Crippen molar-refractivity contribution < 1.29 is 9.59 Å². The van der Waals surface area contributed by atoms with Gasteiger partial charge < -0.3 is 16.0 Å². The Bertz CT molecular complexity index is 854. The molecule has 2 aromatic rings. The number of hydrogen-bond acceptors (Lipinski definition) is 5. The quantitative estimate of drug-likeness (QED) is 0.639. The number of nitrogens with one attached hydrogen (secondary N) is 1. The number of rotatable bonds is 9. The summed E-state index contributed by atoms with van der Waals surface area (Å²) in [5, 5.41) is 8.81. The van der Waals surface area contributed by atoms with Crippen molar-refractivity contribution in [2.75, 3.05) is 29.5 Å². The standard InChI is InChI=1S/C22H27N5O2/c1-2-26(17-10-5-3-6-11-17)15-9-14-24-22(29)19-16-20(21(23)28)27(25-19)18-12-7-4-8-13-18/h3-8,10-13,20H,2,9,14-16H2,1H3,(H2,23,28)(H,24,29). The van der Waals surface area contributed by atoms with E-state index in [-0.39, 0.29) is 12.3 Å². The molecule has 3 N–H and O–H groups in total. The van der Waals surface area contributed by atoms with Crippen molar-refractivity contribution in [3.8, 4) is 0 Å². The Morgan fingerprint density at radius 2 is 1.79 bits per heavy atom. The molecule has 1 unspecified atom stereocenters. The maximum absolute atomic E-state index is 12.5. The van der Waals surface area contributed by atoms with Gasteiger partial charge in [-0.15, -0.1) is 0 Å². The first-order valence-electron chi connectivity index (χ1n) is 9.89. The molecule has 0 bridgehead atoms. The molecule has 0 aromatic heterocycles. The maximum atomic E-state index is 12.5. The van der Waals surface area contributed by atoms with Gasteiger partial charge in [-0.25, -0.2) is 0 Å². The third-order valence-corrected chi connectivity index (χ3v) is 4.92. The van der Waals surface area contributed by atoms with Gasteiger partial charge in [0.1, 0.15) is 11.8 Å². The minimum Gasteiger partial charge on any atom is -0.372 e. The minimum atomic E-state index is -0.646. The molecular weight excluding hydrogens is 366 g/mol. The lowest BCUT2D eigenvalue weighted by molar-refractivity contribution is -0.119. The largest absolute Gasteiger partial charge is 0.372 e. The van der Waals surface area contributed by atoms with Crippen molar-refractivity contribution in [1.29, 1.82) is 0 Å². The number of para-hydroxylation sites is 2. The number of nitrogens with zero attached hydrogens (tertiary/aromatic N) is 3. The molecule has 7 nitrogen and oxygen atoms in total. The molecule has 1 aliphatic rings. The summed E-state index contributed by atoms with van der Waals surface area (Å²) in [6.45, 7) is 4.39. The number of carbonyl (C=O) groups is 2. The molecule has 7 heteroatoms. The van der Waals surface area contributed by atoms with Crippen LogP contribution in [0.4, 0.5) is 11.4 Å². The van der Waals surface area contributed by atoms with E-state index >= 15 is 0 Å². The summed E-state index contributed by atoms with van der Waals surface area (Å²) >= 11 is 0.